The highest BCUT2D eigenvalue weighted by molar-refractivity contribution is 8.00. The van der Waals surface area contributed by atoms with E-state index in [0.29, 0.717) is 18.6 Å². The first kappa shape index (κ1) is 19.6. The molecule has 0 heterocycles. The molecule has 7 nitrogen and oxygen atoms in total. The topological polar surface area (TPSA) is 105 Å². The van der Waals surface area contributed by atoms with Crippen LogP contribution in [-0.4, -0.2) is 46.3 Å². The lowest BCUT2D eigenvalue weighted by Gasteiger charge is -2.23. The van der Waals surface area contributed by atoms with Crippen LogP contribution >= 0.6 is 11.8 Å². The number of aliphatic carboxylic acids is 1. The van der Waals surface area contributed by atoms with Gasteiger partial charge in [-0.05, 0) is 6.42 Å². The minimum atomic E-state index is -1.09. The molecule has 2 atom stereocenters. The summed E-state index contributed by atoms with van der Waals surface area (Å²) in [4.78, 5) is 33.2. The van der Waals surface area contributed by atoms with E-state index in [0.717, 1.165) is 0 Å². The number of amides is 2. The summed E-state index contributed by atoms with van der Waals surface area (Å²) in [6.45, 7) is 8.08. The number of carboxylic acids is 1. The third-order valence-corrected chi connectivity index (χ3v) is 3.70. The molecule has 0 bridgehead atoms. The van der Waals surface area contributed by atoms with Crippen molar-refractivity contribution in [3.05, 3.63) is 0 Å². The Hall–Kier alpha value is -1.44. The van der Waals surface area contributed by atoms with Gasteiger partial charge in [-0.15, -0.1) is 0 Å². The number of ether oxygens (including phenoxy) is 1. The number of carboxylic acid groups (broad SMARTS) is 1. The predicted molar refractivity (Wildman–Crippen MR) is 81.1 cm³/mol. The Balaban J connectivity index is 4.45. The molecule has 0 saturated heterocycles. The minimum absolute atomic E-state index is 0.0472. The van der Waals surface area contributed by atoms with Gasteiger partial charge in [0.2, 0.25) is 0 Å². The first-order valence-corrected chi connectivity index (χ1v) is 7.71. The highest BCUT2D eigenvalue weighted by atomic mass is 32.2. The maximum Gasteiger partial charge on any atom is 0.326 e. The van der Waals surface area contributed by atoms with Crippen LogP contribution in [0.2, 0.25) is 0 Å². The summed E-state index contributed by atoms with van der Waals surface area (Å²) >= 11 is 1.52. The van der Waals surface area contributed by atoms with Crippen LogP contribution < -0.4 is 10.6 Å². The van der Waals surface area contributed by atoms with Crippen molar-refractivity contribution in [2.75, 3.05) is 5.75 Å². The van der Waals surface area contributed by atoms with E-state index in [1.54, 1.807) is 0 Å². The van der Waals surface area contributed by atoms with E-state index in [1.807, 2.05) is 27.7 Å². The number of hydrogen-bond acceptors (Lipinski definition) is 5. The third kappa shape index (κ3) is 10.0. The molecule has 2 amide bonds. The molecule has 0 spiro atoms. The van der Waals surface area contributed by atoms with Gasteiger partial charge in [0.15, 0.2) is 6.23 Å². The van der Waals surface area contributed by atoms with E-state index < -0.39 is 24.3 Å². The first-order valence-electron chi connectivity index (χ1n) is 6.72. The van der Waals surface area contributed by atoms with Gasteiger partial charge in [-0.3, -0.25) is 4.79 Å². The number of hydrogen-bond donors (Lipinski definition) is 3. The second kappa shape index (κ2) is 9.49. The summed E-state index contributed by atoms with van der Waals surface area (Å²) in [5.41, 5.74) is 0. The highest BCUT2D eigenvalue weighted by Crippen LogP contribution is 2.23. The standard InChI is InChI=1S/C13H24N2O5S/c1-5-6-9(11(17)18)14-12(19)15-10(20-8-16)7-21-13(2,3)4/h8-10H,5-7H2,1-4H3,(H,17,18)(H2,14,15,19)/t9-,10+/m0/s1. The molecule has 0 aromatic rings. The van der Waals surface area contributed by atoms with Gasteiger partial charge in [0, 0.05) is 4.75 Å². The smallest absolute Gasteiger partial charge is 0.326 e. The first-order chi connectivity index (χ1) is 9.69. The van der Waals surface area contributed by atoms with E-state index in [9.17, 15) is 14.4 Å². The van der Waals surface area contributed by atoms with E-state index in [2.05, 4.69) is 10.6 Å². The molecule has 0 radical (unpaired) electrons. The normalized spacial score (nSPS) is 13.9. The van der Waals surface area contributed by atoms with Crippen LogP contribution in [-0.2, 0) is 14.3 Å². The van der Waals surface area contributed by atoms with Gasteiger partial charge in [-0.2, -0.15) is 11.8 Å². The summed E-state index contributed by atoms with van der Waals surface area (Å²) < 4.78 is 4.74. The third-order valence-electron chi connectivity index (χ3n) is 2.36. The fraction of sp³-hybridized carbons (Fsp3) is 0.769. The largest absolute Gasteiger partial charge is 0.480 e. The van der Waals surface area contributed by atoms with Crippen molar-refractivity contribution in [2.45, 2.75) is 57.6 Å². The summed E-state index contributed by atoms with van der Waals surface area (Å²) in [7, 11) is 0. The molecule has 0 aromatic carbocycles. The van der Waals surface area contributed by atoms with E-state index >= 15 is 0 Å². The summed E-state index contributed by atoms with van der Waals surface area (Å²) in [5.74, 6) is -0.717. The van der Waals surface area contributed by atoms with Gasteiger partial charge in [0.25, 0.3) is 6.47 Å². The van der Waals surface area contributed by atoms with Gasteiger partial charge >= 0.3 is 12.0 Å². The van der Waals surface area contributed by atoms with Crippen molar-refractivity contribution in [3.63, 3.8) is 0 Å². The maximum atomic E-state index is 11.8. The molecule has 0 aliphatic rings. The quantitative estimate of drug-likeness (QED) is 0.440. The van der Waals surface area contributed by atoms with Crippen LogP contribution in [0.25, 0.3) is 0 Å². The zero-order valence-corrected chi connectivity index (χ0v) is 13.7. The molecule has 0 aliphatic heterocycles. The van der Waals surface area contributed by atoms with E-state index in [4.69, 9.17) is 9.84 Å². The number of rotatable bonds is 9. The van der Waals surface area contributed by atoms with Gasteiger partial charge in [0.1, 0.15) is 6.04 Å². The predicted octanol–water partition coefficient (Wildman–Crippen LogP) is 1.57. The summed E-state index contributed by atoms with van der Waals surface area (Å²) in [6.07, 6.45) is 0.159. The van der Waals surface area contributed by atoms with Crippen molar-refractivity contribution in [2.24, 2.45) is 0 Å². The Bertz CT molecular complexity index is 357. The van der Waals surface area contributed by atoms with Gasteiger partial charge < -0.3 is 20.5 Å². The molecule has 21 heavy (non-hydrogen) atoms. The van der Waals surface area contributed by atoms with Crippen LogP contribution in [0, 0.1) is 0 Å². The van der Waals surface area contributed by atoms with Crippen molar-refractivity contribution >= 4 is 30.2 Å². The Labute approximate surface area is 129 Å². The van der Waals surface area contributed by atoms with E-state index in [-0.39, 0.29) is 11.2 Å². The lowest BCUT2D eigenvalue weighted by atomic mass is 10.2. The molecule has 0 fully saturated rings. The second-order valence-corrected chi connectivity index (χ2v) is 7.29. The van der Waals surface area contributed by atoms with Crippen molar-refractivity contribution in [1.29, 1.82) is 0 Å². The summed E-state index contributed by atoms with van der Waals surface area (Å²) in [6, 6.07) is -1.63. The molecule has 0 rings (SSSR count). The Morgan fingerprint density at radius 1 is 1.33 bits per heavy atom. The van der Waals surface area contributed by atoms with Crippen LogP contribution in [0.15, 0.2) is 0 Å². The lowest BCUT2D eigenvalue weighted by molar-refractivity contribution is -0.139. The molecular weight excluding hydrogens is 296 g/mol. The Morgan fingerprint density at radius 2 is 1.95 bits per heavy atom. The number of carbonyl (C=O) groups excluding carboxylic acids is 2. The highest BCUT2D eigenvalue weighted by Gasteiger charge is 2.22. The molecule has 0 saturated carbocycles. The molecular formula is C13H24N2O5S. The van der Waals surface area contributed by atoms with Crippen molar-refractivity contribution in [3.8, 4) is 0 Å². The van der Waals surface area contributed by atoms with Gasteiger partial charge in [-0.25, -0.2) is 9.59 Å². The van der Waals surface area contributed by atoms with Gasteiger partial charge in [-0.1, -0.05) is 34.1 Å². The Kier molecular flexibility index (Phi) is 8.84. The molecule has 0 aliphatic carbocycles. The summed E-state index contributed by atoms with van der Waals surface area (Å²) in [5, 5.41) is 13.8. The average molecular weight is 320 g/mol. The fourth-order valence-corrected chi connectivity index (χ4v) is 2.21. The molecule has 122 valence electrons. The fourth-order valence-electron chi connectivity index (χ4n) is 1.40. The van der Waals surface area contributed by atoms with Crippen LogP contribution in [0.1, 0.15) is 40.5 Å². The molecule has 0 aromatic heterocycles. The lowest BCUT2D eigenvalue weighted by Crippen LogP contribution is -2.50. The number of nitrogens with one attached hydrogen (secondary N) is 2. The maximum absolute atomic E-state index is 11.8. The second-order valence-electron chi connectivity index (χ2n) is 5.44. The monoisotopic (exact) mass is 320 g/mol. The van der Waals surface area contributed by atoms with Gasteiger partial charge in [0.05, 0.1) is 5.75 Å². The SMILES string of the molecule is CCC[C@H](NC(=O)N[C@@H](CSC(C)(C)C)OC=O)C(=O)O. The van der Waals surface area contributed by atoms with E-state index in [1.165, 1.54) is 11.8 Å². The van der Waals surface area contributed by atoms with Crippen LogP contribution in [0.3, 0.4) is 0 Å². The number of carbonyl (C=O) groups is 3. The average Bonchev–Trinajstić information content (AvgIpc) is 2.34. The van der Waals surface area contributed by atoms with Crippen LogP contribution in [0.4, 0.5) is 4.79 Å². The molecule has 8 heteroatoms. The zero-order valence-electron chi connectivity index (χ0n) is 12.8. The molecule has 3 N–H and O–H groups in total. The number of urea groups is 1. The van der Waals surface area contributed by atoms with Crippen LogP contribution in [0.5, 0.6) is 0 Å². The van der Waals surface area contributed by atoms with Crippen molar-refractivity contribution < 1.29 is 24.2 Å². The zero-order chi connectivity index (χ0) is 16.5. The Morgan fingerprint density at radius 3 is 2.38 bits per heavy atom. The van der Waals surface area contributed by atoms with Crippen molar-refractivity contribution in [1.82, 2.24) is 10.6 Å². The minimum Gasteiger partial charge on any atom is -0.480 e. The molecule has 0 unspecified atom stereocenters. The number of thioether (sulfide) groups is 1.